The highest BCUT2D eigenvalue weighted by Crippen LogP contribution is 2.53. The normalized spacial score (nSPS) is 33.0. The molecule has 6 aliphatic rings. The van der Waals surface area contributed by atoms with Gasteiger partial charge in [-0.05, 0) is 37.8 Å². The first kappa shape index (κ1) is 29.0. The third-order valence-corrected chi connectivity index (χ3v) is 11.1. The molecule has 1 saturated carbocycles. The van der Waals surface area contributed by atoms with Gasteiger partial charge in [-0.15, -0.1) is 0 Å². The van der Waals surface area contributed by atoms with Crippen LogP contribution in [0.5, 0.6) is 5.75 Å². The van der Waals surface area contributed by atoms with Gasteiger partial charge in [-0.25, -0.2) is 4.79 Å². The molecule has 5 fully saturated rings. The van der Waals surface area contributed by atoms with E-state index in [9.17, 15) is 24.6 Å². The number of carbonyl (C=O) groups is 3. The van der Waals surface area contributed by atoms with Gasteiger partial charge < -0.3 is 34.5 Å². The van der Waals surface area contributed by atoms with Crippen molar-refractivity contribution >= 4 is 17.8 Å². The lowest BCUT2D eigenvalue weighted by atomic mass is 9.71. The fraction of sp³-hybridized carbons (Fsp3) is 0.500. The molecule has 0 spiro atoms. The molecular formula is C34H42N4O6+2. The van der Waals surface area contributed by atoms with Crippen LogP contribution in [-0.2, 0) is 20.9 Å². The van der Waals surface area contributed by atoms with E-state index in [-0.39, 0.29) is 29.5 Å². The fourth-order valence-corrected chi connectivity index (χ4v) is 8.84. The summed E-state index contributed by atoms with van der Waals surface area (Å²) in [4.78, 5) is 38.4. The second-order valence-corrected chi connectivity index (χ2v) is 13.7. The quantitative estimate of drug-likeness (QED) is 0.298. The van der Waals surface area contributed by atoms with Crippen LogP contribution in [0.15, 0.2) is 59.8 Å². The molecule has 44 heavy (non-hydrogen) atoms. The van der Waals surface area contributed by atoms with Crippen molar-refractivity contribution in [3.05, 3.63) is 65.4 Å². The van der Waals surface area contributed by atoms with Crippen LogP contribution in [0.1, 0.15) is 31.7 Å². The Morgan fingerprint density at radius 2 is 1.66 bits per heavy atom. The van der Waals surface area contributed by atoms with Crippen molar-refractivity contribution in [3.63, 3.8) is 0 Å². The minimum Gasteiger partial charge on any atom is -0.485 e. The standard InChI is InChI=1S/C34H40N4O6/c1-21(39)29-31-25-6-4-8-27(30(25)32(34(42)43)36(31)33(29)41)44-26-7-3-2-5-24(26)23-11-9-22(10-12-23)19-37-13-16-38(17-14-37,18-15-37)20-28(35)40/h2-3,5,7,9-12,21,25,27,29,31,39H,4,6,8,13-20H2,1H3,(H-2,35,40,42,43)/p+2. The number of ether oxygens (including phenoxy) is 1. The summed E-state index contributed by atoms with van der Waals surface area (Å²) < 4.78 is 8.55. The monoisotopic (exact) mass is 602 g/mol. The average molecular weight is 603 g/mol. The van der Waals surface area contributed by atoms with Gasteiger partial charge in [-0.2, -0.15) is 0 Å². The molecule has 2 aromatic rings. The van der Waals surface area contributed by atoms with Crippen molar-refractivity contribution < 1.29 is 38.3 Å². The first-order valence-corrected chi connectivity index (χ1v) is 15.9. The van der Waals surface area contributed by atoms with Crippen LogP contribution in [0.3, 0.4) is 0 Å². The van der Waals surface area contributed by atoms with E-state index in [4.69, 9.17) is 10.5 Å². The van der Waals surface area contributed by atoms with Crippen molar-refractivity contribution in [2.75, 3.05) is 45.8 Å². The molecule has 10 heteroatoms. The van der Waals surface area contributed by atoms with Gasteiger partial charge >= 0.3 is 5.97 Å². The van der Waals surface area contributed by atoms with Gasteiger partial charge in [0, 0.05) is 22.6 Å². The minimum atomic E-state index is -1.12. The van der Waals surface area contributed by atoms with Gasteiger partial charge in [0.1, 0.15) is 63.4 Å². The molecule has 5 aliphatic heterocycles. The lowest BCUT2D eigenvalue weighted by molar-refractivity contribution is -1.08. The summed E-state index contributed by atoms with van der Waals surface area (Å²) in [5, 5.41) is 20.5. The SMILES string of the molecule is CC(O)C1C(=O)N2C(C(=O)O)=C3C(Oc4ccccc4-c4ccc(C[N+]56CC[N+](CC(N)=O)(CC5)CC6)cc4)CCCC3C12. The summed E-state index contributed by atoms with van der Waals surface area (Å²) in [7, 11) is 0. The Labute approximate surface area is 257 Å². The van der Waals surface area contributed by atoms with E-state index in [0.717, 1.165) is 78.7 Å². The van der Waals surface area contributed by atoms with E-state index in [2.05, 4.69) is 24.3 Å². The van der Waals surface area contributed by atoms with Crippen molar-refractivity contribution in [3.8, 4) is 16.9 Å². The summed E-state index contributed by atoms with van der Waals surface area (Å²) in [6, 6.07) is 16.2. The number of hydrogen-bond donors (Lipinski definition) is 3. The van der Waals surface area contributed by atoms with E-state index >= 15 is 0 Å². The maximum Gasteiger partial charge on any atom is 0.352 e. The number of nitrogens with two attached hydrogens (primary N) is 1. The van der Waals surface area contributed by atoms with E-state index in [1.54, 1.807) is 6.92 Å². The third kappa shape index (κ3) is 4.71. The van der Waals surface area contributed by atoms with Gasteiger partial charge in [0.2, 0.25) is 5.91 Å². The average Bonchev–Trinajstić information content (AvgIpc) is 3.30. The Morgan fingerprint density at radius 1 is 1.00 bits per heavy atom. The number of β-lactam (4-membered cyclic amide) rings is 1. The molecule has 5 unspecified atom stereocenters. The number of primary amides is 1. The van der Waals surface area contributed by atoms with Crippen LogP contribution < -0.4 is 10.5 Å². The second-order valence-electron chi connectivity index (χ2n) is 13.7. The number of nitrogens with zero attached hydrogens (tertiary/aromatic N) is 3. The first-order valence-electron chi connectivity index (χ1n) is 15.9. The number of aliphatic hydroxyl groups is 1. The van der Waals surface area contributed by atoms with E-state index in [1.807, 2.05) is 24.3 Å². The highest BCUT2D eigenvalue weighted by Gasteiger charge is 2.62. The number of aliphatic hydroxyl groups excluding tert-OH is 1. The summed E-state index contributed by atoms with van der Waals surface area (Å²) in [6.45, 7) is 9.20. The van der Waals surface area contributed by atoms with E-state index < -0.39 is 24.1 Å². The number of para-hydroxylation sites is 1. The van der Waals surface area contributed by atoms with E-state index in [0.29, 0.717) is 24.3 Å². The molecule has 2 aromatic carbocycles. The largest absolute Gasteiger partial charge is 0.485 e. The molecule has 5 atom stereocenters. The summed E-state index contributed by atoms with van der Waals surface area (Å²) >= 11 is 0. The van der Waals surface area contributed by atoms with Gasteiger partial charge in [0.25, 0.3) is 5.91 Å². The predicted octanol–water partition coefficient (Wildman–Crippen LogP) is 2.11. The number of fused-ring (bicyclic) bond motifs is 6. The zero-order valence-corrected chi connectivity index (χ0v) is 25.2. The zero-order chi connectivity index (χ0) is 30.8. The van der Waals surface area contributed by atoms with Crippen molar-refractivity contribution in [1.82, 2.24) is 4.90 Å². The topological polar surface area (TPSA) is 130 Å². The minimum absolute atomic E-state index is 0.0435. The zero-order valence-electron chi connectivity index (χ0n) is 25.2. The second kappa shape index (κ2) is 10.7. The number of carboxylic acids is 1. The highest BCUT2D eigenvalue weighted by molar-refractivity contribution is 6.00. The molecule has 1 aliphatic carbocycles. The molecule has 232 valence electrons. The van der Waals surface area contributed by atoms with Crippen LogP contribution >= 0.6 is 0 Å². The number of carboxylic acid groups (broad SMARTS) is 1. The van der Waals surface area contributed by atoms with Crippen LogP contribution in [0.25, 0.3) is 11.1 Å². The molecular weight excluding hydrogens is 560 g/mol. The molecule has 10 nitrogen and oxygen atoms in total. The van der Waals surface area contributed by atoms with Crippen molar-refractivity contribution in [2.45, 2.75) is 51.0 Å². The van der Waals surface area contributed by atoms with Gasteiger partial charge in [0.05, 0.1) is 18.1 Å². The molecule has 8 rings (SSSR count). The van der Waals surface area contributed by atoms with Crippen LogP contribution in [0, 0.1) is 11.8 Å². The number of piperazine rings is 3. The Hall–Kier alpha value is -3.73. The Bertz CT molecular complexity index is 1510. The predicted molar refractivity (Wildman–Crippen MR) is 162 cm³/mol. The first-order chi connectivity index (χ1) is 21.1. The highest BCUT2D eigenvalue weighted by atomic mass is 16.5. The van der Waals surface area contributed by atoms with Gasteiger partial charge in [0.15, 0.2) is 6.54 Å². The summed E-state index contributed by atoms with van der Waals surface area (Å²) in [5.41, 5.74) is 9.52. The maximum absolute atomic E-state index is 12.9. The Kier molecular flexibility index (Phi) is 7.06. The number of quaternary nitrogens is 2. The Morgan fingerprint density at radius 3 is 2.30 bits per heavy atom. The number of amides is 2. The van der Waals surface area contributed by atoms with Crippen molar-refractivity contribution in [1.29, 1.82) is 0 Å². The molecule has 0 aromatic heterocycles. The number of carbonyl (C=O) groups excluding carboxylic acids is 2. The summed E-state index contributed by atoms with van der Waals surface area (Å²) in [6.07, 6.45) is 1.02. The molecule has 4 saturated heterocycles. The number of hydrogen-bond acceptors (Lipinski definition) is 5. The lowest BCUT2D eigenvalue weighted by Gasteiger charge is -2.55. The summed E-state index contributed by atoms with van der Waals surface area (Å²) in [5.74, 6) is -1.65. The van der Waals surface area contributed by atoms with Gasteiger partial charge in [-0.3, -0.25) is 9.59 Å². The molecule has 0 radical (unpaired) electrons. The third-order valence-electron chi connectivity index (χ3n) is 11.1. The molecule has 5 heterocycles. The number of rotatable bonds is 9. The maximum atomic E-state index is 12.9. The van der Waals surface area contributed by atoms with Crippen LogP contribution in [-0.4, -0.2) is 106 Å². The number of benzene rings is 2. The van der Waals surface area contributed by atoms with E-state index in [1.165, 1.54) is 10.5 Å². The van der Waals surface area contributed by atoms with Crippen LogP contribution in [0.2, 0.25) is 0 Å². The fourth-order valence-electron chi connectivity index (χ4n) is 8.84. The van der Waals surface area contributed by atoms with Crippen molar-refractivity contribution in [2.24, 2.45) is 17.6 Å². The smallest absolute Gasteiger partial charge is 0.352 e. The number of aliphatic carboxylic acids is 1. The Balaban J connectivity index is 1.10. The lowest BCUT2D eigenvalue weighted by Crippen LogP contribution is -2.75. The molecule has 4 N–H and O–H groups in total. The molecule has 2 amide bonds. The van der Waals surface area contributed by atoms with Gasteiger partial charge in [-0.1, -0.05) is 42.5 Å². The van der Waals surface area contributed by atoms with Crippen LogP contribution in [0.4, 0.5) is 0 Å². The molecule has 2 bridgehead atoms.